The summed E-state index contributed by atoms with van der Waals surface area (Å²) in [5.74, 6) is -6.65. The Kier molecular flexibility index (Phi) is 14.2. The van der Waals surface area contributed by atoms with Crippen LogP contribution in [0.2, 0.25) is 0 Å². The number of aliphatic hydroxyl groups is 1. The van der Waals surface area contributed by atoms with Crippen molar-refractivity contribution in [1.82, 2.24) is 20.9 Å². The van der Waals surface area contributed by atoms with Gasteiger partial charge in [0.1, 0.15) is 24.2 Å². The lowest BCUT2D eigenvalue weighted by Crippen LogP contribution is -2.60. The zero-order valence-electron chi connectivity index (χ0n) is 23.5. The highest BCUT2D eigenvalue weighted by atomic mass is 16.4. The maximum Gasteiger partial charge on any atom is 0.326 e. The van der Waals surface area contributed by atoms with E-state index in [9.17, 15) is 43.8 Å². The molecule has 0 spiro atoms. The predicted molar refractivity (Wildman–Crippen MR) is 143 cm³/mol. The van der Waals surface area contributed by atoms with Gasteiger partial charge in [-0.05, 0) is 44.9 Å². The Morgan fingerprint density at radius 2 is 1.49 bits per heavy atom. The number of aliphatic carboxylic acids is 2. The number of nitrogens with two attached hydrogens (primary N) is 2. The quantitative estimate of drug-likeness (QED) is 0.0875. The number of aliphatic hydroxyl groups excluding tert-OH is 1. The summed E-state index contributed by atoms with van der Waals surface area (Å²) in [5, 5.41) is 35.8. The van der Waals surface area contributed by atoms with E-state index in [0.29, 0.717) is 6.42 Å². The van der Waals surface area contributed by atoms with Gasteiger partial charge in [0, 0.05) is 19.4 Å². The van der Waals surface area contributed by atoms with Crippen molar-refractivity contribution in [3.63, 3.8) is 0 Å². The van der Waals surface area contributed by atoms with Gasteiger partial charge in [0.05, 0.1) is 12.1 Å². The Morgan fingerprint density at radius 1 is 0.878 bits per heavy atom. The molecule has 0 unspecified atom stereocenters. The van der Waals surface area contributed by atoms with E-state index in [-0.39, 0.29) is 38.1 Å². The topological polar surface area (TPSA) is 272 Å². The van der Waals surface area contributed by atoms with Crippen LogP contribution in [0, 0.1) is 5.92 Å². The van der Waals surface area contributed by atoms with Crippen molar-refractivity contribution in [2.24, 2.45) is 17.4 Å². The summed E-state index contributed by atoms with van der Waals surface area (Å²) in [4.78, 5) is 86.9. The second kappa shape index (κ2) is 16.5. The number of nitrogens with one attached hydrogen (secondary N) is 3. The van der Waals surface area contributed by atoms with Gasteiger partial charge < -0.3 is 47.6 Å². The van der Waals surface area contributed by atoms with E-state index < -0.39 is 90.6 Å². The Hall–Kier alpha value is -3.79. The molecule has 1 saturated heterocycles. The maximum atomic E-state index is 13.3. The average Bonchev–Trinajstić information content (AvgIpc) is 3.36. The molecule has 1 rings (SSSR count). The van der Waals surface area contributed by atoms with E-state index in [0.717, 1.165) is 0 Å². The minimum atomic E-state index is -1.60. The number of hydrogen-bond donors (Lipinski definition) is 8. The van der Waals surface area contributed by atoms with Crippen LogP contribution < -0.4 is 27.4 Å². The molecule has 0 aromatic carbocycles. The first kappa shape index (κ1) is 35.2. The second-order valence-electron chi connectivity index (χ2n) is 10.6. The number of nitrogens with zero attached hydrogens (tertiary/aromatic N) is 1. The van der Waals surface area contributed by atoms with Crippen molar-refractivity contribution in [1.29, 1.82) is 0 Å². The first-order valence-corrected chi connectivity index (χ1v) is 13.4. The van der Waals surface area contributed by atoms with E-state index in [1.165, 1.54) is 11.8 Å². The van der Waals surface area contributed by atoms with Crippen LogP contribution >= 0.6 is 0 Å². The van der Waals surface area contributed by atoms with E-state index in [1.807, 2.05) is 0 Å². The van der Waals surface area contributed by atoms with Gasteiger partial charge in [-0.15, -0.1) is 0 Å². The lowest BCUT2D eigenvalue weighted by Gasteiger charge is -2.30. The van der Waals surface area contributed by atoms with E-state index in [1.54, 1.807) is 13.8 Å². The number of carboxylic acid groups (broad SMARTS) is 2. The molecule has 6 atom stereocenters. The molecule has 0 aromatic heterocycles. The van der Waals surface area contributed by atoms with Crippen molar-refractivity contribution in [2.75, 3.05) is 6.54 Å². The van der Waals surface area contributed by atoms with Crippen LogP contribution in [0.5, 0.6) is 0 Å². The predicted octanol–water partition coefficient (Wildman–Crippen LogP) is -2.60. The van der Waals surface area contributed by atoms with Crippen LogP contribution in [-0.4, -0.2) is 105 Å². The molecule has 10 N–H and O–H groups in total. The molecule has 232 valence electrons. The van der Waals surface area contributed by atoms with Crippen molar-refractivity contribution in [3.8, 4) is 0 Å². The summed E-state index contributed by atoms with van der Waals surface area (Å²) >= 11 is 0. The third-order valence-electron chi connectivity index (χ3n) is 6.52. The summed E-state index contributed by atoms with van der Waals surface area (Å²) in [6, 6.07) is -6.51. The van der Waals surface area contributed by atoms with Gasteiger partial charge in [-0.2, -0.15) is 0 Å². The van der Waals surface area contributed by atoms with Gasteiger partial charge in [0.15, 0.2) is 0 Å². The molecule has 0 saturated carbocycles. The monoisotopic (exact) mass is 586 g/mol. The number of rotatable bonds is 17. The van der Waals surface area contributed by atoms with Gasteiger partial charge in [-0.3, -0.25) is 28.8 Å². The Labute approximate surface area is 237 Å². The molecular weight excluding hydrogens is 544 g/mol. The highest BCUT2D eigenvalue weighted by molar-refractivity contribution is 5.96. The summed E-state index contributed by atoms with van der Waals surface area (Å²) in [6.07, 6.45) is -1.84. The van der Waals surface area contributed by atoms with Gasteiger partial charge in [-0.1, -0.05) is 13.8 Å². The van der Waals surface area contributed by atoms with Gasteiger partial charge >= 0.3 is 11.9 Å². The van der Waals surface area contributed by atoms with Crippen LogP contribution in [0.3, 0.4) is 0 Å². The van der Waals surface area contributed by atoms with E-state index in [4.69, 9.17) is 16.6 Å². The maximum absolute atomic E-state index is 13.3. The van der Waals surface area contributed by atoms with E-state index in [2.05, 4.69) is 16.0 Å². The number of carbonyl (C=O) groups excluding carboxylic acids is 5. The zero-order valence-corrected chi connectivity index (χ0v) is 23.5. The smallest absolute Gasteiger partial charge is 0.326 e. The van der Waals surface area contributed by atoms with Crippen LogP contribution in [-0.2, 0) is 33.6 Å². The molecule has 0 bridgehead atoms. The molecule has 41 heavy (non-hydrogen) atoms. The zero-order chi connectivity index (χ0) is 31.4. The molecule has 16 nitrogen and oxygen atoms in total. The minimum Gasteiger partial charge on any atom is -0.481 e. The van der Waals surface area contributed by atoms with Gasteiger partial charge in [-0.25, -0.2) is 4.79 Å². The SMILES string of the molecule is CC(C)C[C@H](NC(=O)[C@H](CCC(=O)O)NC(=O)[C@@H](NC(=O)[C@@H](N)CCC(N)=O)[C@@H](C)O)C(=O)N1CCC[C@H]1C(=O)O. The van der Waals surface area contributed by atoms with Crippen molar-refractivity contribution < 1.29 is 48.9 Å². The van der Waals surface area contributed by atoms with Crippen molar-refractivity contribution >= 4 is 41.5 Å². The summed E-state index contributed by atoms with van der Waals surface area (Å²) in [7, 11) is 0. The lowest BCUT2D eigenvalue weighted by atomic mass is 10.0. The Bertz CT molecular complexity index is 988. The average molecular weight is 587 g/mol. The summed E-state index contributed by atoms with van der Waals surface area (Å²) in [5.41, 5.74) is 10.8. The highest BCUT2D eigenvalue weighted by Gasteiger charge is 2.39. The van der Waals surface area contributed by atoms with Crippen LogP contribution in [0.15, 0.2) is 0 Å². The van der Waals surface area contributed by atoms with Crippen LogP contribution in [0.4, 0.5) is 0 Å². The fraction of sp³-hybridized carbons (Fsp3) is 0.720. The normalized spacial score (nSPS) is 18.5. The van der Waals surface area contributed by atoms with E-state index >= 15 is 0 Å². The number of carboxylic acids is 2. The first-order chi connectivity index (χ1) is 19.0. The molecule has 16 heteroatoms. The lowest BCUT2D eigenvalue weighted by molar-refractivity contribution is -0.149. The summed E-state index contributed by atoms with van der Waals surface area (Å²) < 4.78 is 0. The number of amides is 5. The van der Waals surface area contributed by atoms with Crippen LogP contribution in [0.25, 0.3) is 0 Å². The molecule has 0 aromatic rings. The molecule has 5 amide bonds. The summed E-state index contributed by atoms with van der Waals surface area (Å²) in [6.45, 7) is 4.96. The molecule has 1 aliphatic rings. The Morgan fingerprint density at radius 3 is 2.00 bits per heavy atom. The standard InChI is InChI=1S/C25H42N6O10/c1-12(2)11-16(24(39)31-10-4-5-17(31)25(40)41)29-22(37)15(7-9-19(34)35)28-23(38)20(13(3)32)30-21(36)14(26)6-8-18(27)33/h12-17,20,32H,4-11,26H2,1-3H3,(H2,27,33)(H,28,38)(H,29,37)(H,30,36)(H,34,35)(H,40,41)/t13-,14+,15+,16+,17+,20+/m1/s1. The molecule has 0 aliphatic carbocycles. The highest BCUT2D eigenvalue weighted by Crippen LogP contribution is 2.20. The number of likely N-dealkylation sites (tertiary alicyclic amines) is 1. The second-order valence-corrected chi connectivity index (χ2v) is 10.6. The fourth-order valence-corrected chi connectivity index (χ4v) is 4.35. The Balaban J connectivity index is 3.11. The minimum absolute atomic E-state index is 0.101. The third-order valence-corrected chi connectivity index (χ3v) is 6.52. The van der Waals surface area contributed by atoms with Crippen molar-refractivity contribution in [2.45, 2.75) is 102 Å². The van der Waals surface area contributed by atoms with Gasteiger partial charge in [0.2, 0.25) is 29.5 Å². The molecular formula is C25H42N6O10. The molecule has 0 radical (unpaired) electrons. The van der Waals surface area contributed by atoms with Crippen LogP contribution in [0.1, 0.15) is 65.7 Å². The molecule has 1 heterocycles. The number of hydrogen-bond acceptors (Lipinski definition) is 9. The fourth-order valence-electron chi connectivity index (χ4n) is 4.35. The largest absolute Gasteiger partial charge is 0.481 e. The number of carbonyl (C=O) groups is 7. The molecule has 1 aliphatic heterocycles. The first-order valence-electron chi connectivity index (χ1n) is 13.4. The van der Waals surface area contributed by atoms with Gasteiger partial charge in [0.25, 0.3) is 0 Å². The number of primary amides is 1. The molecule has 1 fully saturated rings. The third kappa shape index (κ3) is 11.7. The van der Waals surface area contributed by atoms with Crippen molar-refractivity contribution in [3.05, 3.63) is 0 Å².